The lowest BCUT2D eigenvalue weighted by Gasteiger charge is -2.09. The van der Waals surface area contributed by atoms with E-state index >= 15 is 0 Å². The van der Waals surface area contributed by atoms with E-state index in [1.54, 1.807) is 0 Å². The molecule has 2 N–H and O–H groups in total. The predicted octanol–water partition coefficient (Wildman–Crippen LogP) is 3.47. The van der Waals surface area contributed by atoms with Gasteiger partial charge in [0.2, 0.25) is 9.84 Å². The summed E-state index contributed by atoms with van der Waals surface area (Å²) < 4.78 is 60.6. The number of halogens is 3. The molecule has 0 atom stereocenters. The summed E-state index contributed by atoms with van der Waals surface area (Å²) in [5.41, 5.74) is 0.119. The molecule has 2 aromatic carbocycles. The van der Waals surface area contributed by atoms with E-state index in [1.165, 1.54) is 24.3 Å². The van der Waals surface area contributed by atoms with Gasteiger partial charge in [-0.25, -0.2) is 17.6 Å². The molecule has 0 heterocycles. The van der Waals surface area contributed by atoms with Crippen LogP contribution in [-0.4, -0.2) is 20.2 Å². The standard InChI is InChI=1S/C14H11F3N2O3S/c15-11-3-1-2-4-12(11)19-14(20)18-9-5-7-10(8-6-9)23(21,22)13(16)17/h1-8,13H,(H2,18,19,20). The number of para-hydroxylation sites is 1. The Kier molecular flexibility index (Phi) is 4.89. The third kappa shape index (κ3) is 4.01. The number of amides is 2. The molecule has 2 rings (SSSR count). The minimum absolute atomic E-state index is 0.0399. The number of urea groups is 1. The SMILES string of the molecule is O=C(Nc1ccc(S(=O)(=O)C(F)F)cc1)Nc1ccccc1F. The van der Waals surface area contributed by atoms with Crippen molar-refractivity contribution in [2.45, 2.75) is 10.7 Å². The summed E-state index contributed by atoms with van der Waals surface area (Å²) in [6, 6.07) is 8.93. The highest BCUT2D eigenvalue weighted by molar-refractivity contribution is 7.91. The van der Waals surface area contributed by atoms with Crippen molar-refractivity contribution in [1.82, 2.24) is 0 Å². The molecule has 5 nitrogen and oxygen atoms in total. The van der Waals surface area contributed by atoms with E-state index in [-0.39, 0.29) is 11.4 Å². The quantitative estimate of drug-likeness (QED) is 0.892. The highest BCUT2D eigenvalue weighted by atomic mass is 32.2. The van der Waals surface area contributed by atoms with Gasteiger partial charge in [0.15, 0.2) is 0 Å². The Morgan fingerprint density at radius 3 is 2.13 bits per heavy atom. The van der Waals surface area contributed by atoms with E-state index in [4.69, 9.17) is 0 Å². The number of rotatable bonds is 4. The summed E-state index contributed by atoms with van der Waals surface area (Å²) >= 11 is 0. The van der Waals surface area contributed by atoms with Gasteiger partial charge in [-0.1, -0.05) is 12.1 Å². The molecule has 0 spiro atoms. The zero-order valence-electron chi connectivity index (χ0n) is 11.5. The Morgan fingerprint density at radius 1 is 0.957 bits per heavy atom. The summed E-state index contributed by atoms with van der Waals surface area (Å²) in [4.78, 5) is 11.1. The number of nitrogens with one attached hydrogen (secondary N) is 2. The Morgan fingerprint density at radius 2 is 1.57 bits per heavy atom. The third-order valence-electron chi connectivity index (χ3n) is 2.80. The van der Waals surface area contributed by atoms with Gasteiger partial charge in [-0.05, 0) is 36.4 Å². The van der Waals surface area contributed by atoms with Crippen molar-refractivity contribution in [3.63, 3.8) is 0 Å². The molecule has 0 fully saturated rings. The van der Waals surface area contributed by atoms with Crippen molar-refractivity contribution < 1.29 is 26.4 Å². The zero-order valence-corrected chi connectivity index (χ0v) is 12.3. The van der Waals surface area contributed by atoms with Crippen LogP contribution >= 0.6 is 0 Å². The van der Waals surface area contributed by atoms with E-state index in [0.29, 0.717) is 0 Å². The van der Waals surface area contributed by atoms with Crippen molar-refractivity contribution >= 4 is 27.2 Å². The summed E-state index contributed by atoms with van der Waals surface area (Å²) in [6.45, 7) is 0. The normalized spacial score (nSPS) is 11.3. The number of benzene rings is 2. The number of carbonyl (C=O) groups excluding carboxylic acids is 1. The van der Waals surface area contributed by atoms with Gasteiger partial charge in [-0.3, -0.25) is 0 Å². The maximum atomic E-state index is 13.4. The molecule has 0 aliphatic carbocycles. The molecule has 0 unspecified atom stereocenters. The van der Waals surface area contributed by atoms with E-state index in [0.717, 1.165) is 24.3 Å². The van der Waals surface area contributed by atoms with Crippen molar-refractivity contribution in [3.05, 3.63) is 54.3 Å². The monoisotopic (exact) mass is 344 g/mol. The fourth-order valence-electron chi connectivity index (χ4n) is 1.68. The van der Waals surface area contributed by atoms with Gasteiger partial charge in [0, 0.05) is 5.69 Å². The lowest BCUT2D eigenvalue weighted by Crippen LogP contribution is -2.20. The highest BCUT2D eigenvalue weighted by Gasteiger charge is 2.26. The molecule has 23 heavy (non-hydrogen) atoms. The minimum Gasteiger partial charge on any atom is -0.308 e. The first-order valence-electron chi connectivity index (χ1n) is 6.25. The van der Waals surface area contributed by atoms with Crippen LogP contribution in [0.3, 0.4) is 0 Å². The number of carbonyl (C=O) groups is 1. The third-order valence-corrected chi connectivity index (χ3v) is 4.20. The Labute approximate surface area is 130 Å². The second kappa shape index (κ2) is 6.69. The minimum atomic E-state index is -4.69. The van der Waals surface area contributed by atoms with Crippen LogP contribution < -0.4 is 10.6 Å². The van der Waals surface area contributed by atoms with E-state index in [9.17, 15) is 26.4 Å². The van der Waals surface area contributed by atoms with Crippen LogP contribution in [0, 0.1) is 5.82 Å². The molecule has 9 heteroatoms. The predicted molar refractivity (Wildman–Crippen MR) is 78.7 cm³/mol. The Balaban J connectivity index is 2.07. The zero-order chi connectivity index (χ0) is 17.0. The smallest absolute Gasteiger partial charge is 0.308 e. The number of hydrogen-bond acceptors (Lipinski definition) is 3. The van der Waals surface area contributed by atoms with Gasteiger partial charge in [-0.15, -0.1) is 0 Å². The molecule has 122 valence electrons. The number of alkyl halides is 2. The van der Waals surface area contributed by atoms with E-state index in [1.807, 2.05) is 0 Å². The molecule has 2 amide bonds. The molecule has 0 aromatic heterocycles. The average Bonchev–Trinajstić information content (AvgIpc) is 2.50. The summed E-state index contributed by atoms with van der Waals surface area (Å²) in [7, 11) is -4.69. The first-order valence-corrected chi connectivity index (χ1v) is 7.80. The van der Waals surface area contributed by atoms with Crippen molar-refractivity contribution in [3.8, 4) is 0 Å². The lowest BCUT2D eigenvalue weighted by atomic mass is 10.3. The average molecular weight is 344 g/mol. The first kappa shape index (κ1) is 16.8. The Bertz CT molecular complexity index is 808. The maximum absolute atomic E-state index is 13.4. The van der Waals surface area contributed by atoms with E-state index < -0.39 is 32.3 Å². The Hall–Kier alpha value is -2.55. The maximum Gasteiger partial charge on any atom is 0.341 e. The second-order valence-corrected chi connectivity index (χ2v) is 6.31. The number of sulfone groups is 1. The fourth-order valence-corrected chi connectivity index (χ4v) is 2.40. The highest BCUT2D eigenvalue weighted by Crippen LogP contribution is 2.20. The molecular formula is C14H11F3N2O3S. The van der Waals surface area contributed by atoms with Crippen LogP contribution in [0.15, 0.2) is 53.4 Å². The van der Waals surface area contributed by atoms with Gasteiger partial charge < -0.3 is 10.6 Å². The van der Waals surface area contributed by atoms with Crippen molar-refractivity contribution in [1.29, 1.82) is 0 Å². The second-order valence-electron chi connectivity index (χ2n) is 4.39. The number of hydrogen-bond donors (Lipinski definition) is 2. The van der Waals surface area contributed by atoms with Crippen LogP contribution in [0.4, 0.5) is 29.3 Å². The van der Waals surface area contributed by atoms with Gasteiger partial charge in [0.1, 0.15) is 5.82 Å². The number of anilines is 2. The first-order chi connectivity index (χ1) is 10.8. The summed E-state index contributed by atoms with van der Waals surface area (Å²) in [5, 5.41) is 4.58. The van der Waals surface area contributed by atoms with Crippen molar-refractivity contribution in [2.24, 2.45) is 0 Å². The topological polar surface area (TPSA) is 75.3 Å². The lowest BCUT2D eigenvalue weighted by molar-refractivity contribution is 0.234. The van der Waals surface area contributed by atoms with Crippen LogP contribution in [-0.2, 0) is 9.84 Å². The molecule has 0 radical (unpaired) electrons. The molecule has 0 aliphatic rings. The van der Waals surface area contributed by atoms with Crippen LogP contribution in [0.5, 0.6) is 0 Å². The largest absolute Gasteiger partial charge is 0.341 e. The molecule has 0 saturated heterocycles. The van der Waals surface area contributed by atoms with E-state index in [2.05, 4.69) is 10.6 Å². The van der Waals surface area contributed by atoms with Crippen LogP contribution in [0.2, 0.25) is 0 Å². The van der Waals surface area contributed by atoms with Crippen LogP contribution in [0.1, 0.15) is 0 Å². The molecular weight excluding hydrogens is 333 g/mol. The van der Waals surface area contributed by atoms with Gasteiger partial charge in [0.05, 0.1) is 10.6 Å². The molecule has 0 saturated carbocycles. The van der Waals surface area contributed by atoms with Gasteiger partial charge in [-0.2, -0.15) is 8.78 Å². The van der Waals surface area contributed by atoms with Gasteiger partial charge >= 0.3 is 11.8 Å². The molecule has 0 bridgehead atoms. The molecule has 2 aromatic rings. The fraction of sp³-hybridized carbons (Fsp3) is 0.0714. The summed E-state index contributed by atoms with van der Waals surface area (Å²) in [6.07, 6.45) is 0. The molecule has 0 aliphatic heterocycles. The van der Waals surface area contributed by atoms with Gasteiger partial charge in [0.25, 0.3) is 0 Å². The van der Waals surface area contributed by atoms with Crippen molar-refractivity contribution in [2.75, 3.05) is 10.6 Å². The van der Waals surface area contributed by atoms with Crippen LogP contribution in [0.25, 0.3) is 0 Å². The summed E-state index contributed by atoms with van der Waals surface area (Å²) in [5.74, 6) is -4.15.